The summed E-state index contributed by atoms with van der Waals surface area (Å²) in [4.78, 5) is 0. The number of nitrogens with zero attached hydrogens (tertiary/aromatic N) is 1. The highest BCUT2D eigenvalue weighted by Crippen LogP contribution is 2.38. The summed E-state index contributed by atoms with van der Waals surface area (Å²) < 4.78 is 38.1. The van der Waals surface area contributed by atoms with Gasteiger partial charge in [-0.1, -0.05) is 12.8 Å². The van der Waals surface area contributed by atoms with Gasteiger partial charge in [0.2, 0.25) is 0 Å². The minimum absolute atomic E-state index is 0.0613. The highest BCUT2D eigenvalue weighted by molar-refractivity contribution is 5.53. The number of hydrogen-bond acceptors (Lipinski definition) is 3. The third-order valence-corrected chi connectivity index (χ3v) is 4.11. The molecule has 0 spiro atoms. The van der Waals surface area contributed by atoms with E-state index in [2.05, 4.69) is 5.32 Å². The first kappa shape index (κ1) is 15.6. The van der Waals surface area contributed by atoms with Crippen LogP contribution in [-0.2, 0) is 6.18 Å². The number of alkyl halides is 3. The molecule has 0 amide bonds. The van der Waals surface area contributed by atoms with Gasteiger partial charge in [-0.25, -0.2) is 0 Å². The van der Waals surface area contributed by atoms with E-state index >= 15 is 0 Å². The minimum Gasteiger partial charge on any atom is -0.396 e. The van der Waals surface area contributed by atoms with E-state index in [9.17, 15) is 18.3 Å². The Balaban J connectivity index is 2.13. The van der Waals surface area contributed by atoms with Crippen LogP contribution >= 0.6 is 0 Å². The number of aliphatic hydroxyl groups excluding tert-OH is 1. The molecule has 1 saturated carbocycles. The molecule has 21 heavy (non-hydrogen) atoms. The van der Waals surface area contributed by atoms with Crippen molar-refractivity contribution in [1.82, 2.24) is 0 Å². The molecule has 0 atom stereocenters. The highest BCUT2D eigenvalue weighted by atomic mass is 19.4. The van der Waals surface area contributed by atoms with Gasteiger partial charge in [0.25, 0.3) is 0 Å². The van der Waals surface area contributed by atoms with Gasteiger partial charge in [0.05, 0.1) is 23.8 Å². The van der Waals surface area contributed by atoms with E-state index in [0.717, 1.165) is 31.7 Å². The predicted octanol–water partition coefficient (Wildman–Crippen LogP) is 3.54. The van der Waals surface area contributed by atoms with Crippen molar-refractivity contribution >= 4 is 5.69 Å². The lowest BCUT2D eigenvalue weighted by atomic mass is 9.87. The van der Waals surface area contributed by atoms with Crippen LogP contribution in [0.2, 0.25) is 0 Å². The molecule has 114 valence electrons. The molecule has 6 heteroatoms. The van der Waals surface area contributed by atoms with Gasteiger partial charge < -0.3 is 10.4 Å². The van der Waals surface area contributed by atoms with Crippen molar-refractivity contribution in [2.24, 2.45) is 5.41 Å². The zero-order chi connectivity index (χ0) is 15.5. The summed E-state index contributed by atoms with van der Waals surface area (Å²) in [7, 11) is 0. The average Bonchev–Trinajstić information content (AvgIpc) is 2.93. The Labute approximate surface area is 121 Å². The van der Waals surface area contributed by atoms with E-state index in [1.165, 1.54) is 12.1 Å². The van der Waals surface area contributed by atoms with Crippen LogP contribution in [0.3, 0.4) is 0 Å². The van der Waals surface area contributed by atoms with Gasteiger partial charge in [0.1, 0.15) is 0 Å². The summed E-state index contributed by atoms with van der Waals surface area (Å²) in [6.07, 6.45) is -0.608. The Bertz CT molecular complexity index is 543. The third kappa shape index (κ3) is 3.48. The fourth-order valence-electron chi connectivity index (χ4n) is 2.80. The van der Waals surface area contributed by atoms with Gasteiger partial charge in [0, 0.05) is 17.6 Å². The summed E-state index contributed by atoms with van der Waals surface area (Å²) >= 11 is 0. The lowest BCUT2D eigenvalue weighted by Crippen LogP contribution is -2.30. The third-order valence-electron chi connectivity index (χ3n) is 4.11. The topological polar surface area (TPSA) is 56.0 Å². The van der Waals surface area contributed by atoms with Crippen LogP contribution in [0.15, 0.2) is 18.2 Å². The molecule has 2 rings (SSSR count). The van der Waals surface area contributed by atoms with Crippen molar-refractivity contribution in [3.63, 3.8) is 0 Å². The van der Waals surface area contributed by atoms with Crippen LogP contribution in [0.25, 0.3) is 0 Å². The van der Waals surface area contributed by atoms with Gasteiger partial charge in [-0.15, -0.1) is 0 Å². The summed E-state index contributed by atoms with van der Waals surface area (Å²) in [6, 6.07) is 5.04. The Morgan fingerprint density at radius 2 is 1.95 bits per heavy atom. The molecule has 1 aromatic carbocycles. The Morgan fingerprint density at radius 1 is 1.29 bits per heavy atom. The van der Waals surface area contributed by atoms with Gasteiger partial charge >= 0.3 is 6.18 Å². The highest BCUT2D eigenvalue weighted by Gasteiger charge is 2.34. The van der Waals surface area contributed by atoms with Crippen molar-refractivity contribution in [1.29, 1.82) is 5.26 Å². The smallest absolute Gasteiger partial charge is 0.396 e. The second-order valence-electron chi connectivity index (χ2n) is 5.59. The van der Waals surface area contributed by atoms with E-state index in [1.807, 2.05) is 0 Å². The molecule has 0 bridgehead atoms. The van der Waals surface area contributed by atoms with E-state index in [4.69, 9.17) is 5.26 Å². The molecule has 0 aliphatic heterocycles. The number of benzene rings is 1. The predicted molar refractivity (Wildman–Crippen MR) is 72.6 cm³/mol. The Kier molecular flexibility index (Phi) is 4.43. The monoisotopic (exact) mass is 298 g/mol. The first-order chi connectivity index (χ1) is 9.90. The first-order valence-corrected chi connectivity index (χ1v) is 6.86. The van der Waals surface area contributed by atoms with Crippen molar-refractivity contribution < 1.29 is 18.3 Å². The fourth-order valence-corrected chi connectivity index (χ4v) is 2.80. The zero-order valence-corrected chi connectivity index (χ0v) is 11.5. The molecular formula is C15H17F3N2O. The van der Waals surface area contributed by atoms with Crippen LogP contribution in [0.5, 0.6) is 0 Å². The number of hydrogen-bond donors (Lipinski definition) is 2. The van der Waals surface area contributed by atoms with Crippen molar-refractivity contribution in [3.8, 4) is 6.07 Å². The van der Waals surface area contributed by atoms with Crippen molar-refractivity contribution in [2.75, 3.05) is 18.5 Å². The standard InChI is InChI=1S/C15H17F3N2O/c16-15(17,18)13-4-3-12(7-11(13)8-19)20-9-14(10-21)5-1-2-6-14/h3-4,7,20-21H,1-2,5-6,9-10H2. The first-order valence-electron chi connectivity index (χ1n) is 6.86. The molecule has 3 nitrogen and oxygen atoms in total. The quantitative estimate of drug-likeness (QED) is 0.894. The normalized spacial score (nSPS) is 17.5. The van der Waals surface area contributed by atoms with E-state index in [1.54, 1.807) is 6.07 Å². The number of anilines is 1. The lowest BCUT2D eigenvalue weighted by Gasteiger charge is -2.27. The number of nitrogens with one attached hydrogen (secondary N) is 1. The number of halogens is 3. The lowest BCUT2D eigenvalue weighted by molar-refractivity contribution is -0.137. The molecule has 0 unspecified atom stereocenters. The maximum atomic E-state index is 12.7. The Hall–Kier alpha value is -1.74. The molecule has 1 aliphatic rings. The van der Waals surface area contributed by atoms with Gasteiger partial charge in [-0.05, 0) is 31.0 Å². The van der Waals surface area contributed by atoms with Crippen LogP contribution in [0.4, 0.5) is 18.9 Å². The molecule has 0 radical (unpaired) electrons. The maximum absolute atomic E-state index is 12.7. The van der Waals surface area contributed by atoms with Gasteiger partial charge in [-0.2, -0.15) is 18.4 Å². The summed E-state index contributed by atoms with van der Waals surface area (Å²) in [5.41, 5.74) is -1.04. The van der Waals surface area contributed by atoms with E-state index < -0.39 is 17.3 Å². The number of aliphatic hydroxyl groups is 1. The molecule has 2 N–H and O–H groups in total. The number of nitriles is 1. The minimum atomic E-state index is -4.53. The maximum Gasteiger partial charge on any atom is 0.417 e. The fraction of sp³-hybridized carbons (Fsp3) is 0.533. The summed E-state index contributed by atoms with van der Waals surface area (Å²) in [5, 5.41) is 21.4. The van der Waals surface area contributed by atoms with Crippen LogP contribution < -0.4 is 5.32 Å². The molecular weight excluding hydrogens is 281 g/mol. The average molecular weight is 298 g/mol. The Morgan fingerprint density at radius 3 is 2.48 bits per heavy atom. The summed E-state index contributed by atoms with van der Waals surface area (Å²) in [6.45, 7) is 0.561. The van der Waals surface area contributed by atoms with Crippen molar-refractivity contribution in [3.05, 3.63) is 29.3 Å². The molecule has 0 heterocycles. The van der Waals surface area contributed by atoms with Crippen molar-refractivity contribution in [2.45, 2.75) is 31.9 Å². The zero-order valence-electron chi connectivity index (χ0n) is 11.5. The molecule has 0 saturated heterocycles. The SMILES string of the molecule is N#Cc1cc(NCC2(CO)CCCC2)ccc1C(F)(F)F. The van der Waals surface area contributed by atoms with Gasteiger partial charge in [-0.3, -0.25) is 0 Å². The van der Waals surface area contributed by atoms with E-state index in [0.29, 0.717) is 12.2 Å². The molecule has 1 aromatic rings. The summed E-state index contributed by atoms with van der Waals surface area (Å²) in [5.74, 6) is 0. The van der Waals surface area contributed by atoms with Crippen LogP contribution in [-0.4, -0.2) is 18.3 Å². The molecule has 0 aromatic heterocycles. The molecule has 1 aliphatic carbocycles. The van der Waals surface area contributed by atoms with Crippen LogP contribution in [0.1, 0.15) is 36.8 Å². The second kappa shape index (κ2) is 5.94. The largest absolute Gasteiger partial charge is 0.417 e. The second-order valence-corrected chi connectivity index (χ2v) is 5.59. The van der Waals surface area contributed by atoms with E-state index in [-0.39, 0.29) is 12.0 Å². The van der Waals surface area contributed by atoms with Gasteiger partial charge in [0.15, 0.2) is 0 Å². The van der Waals surface area contributed by atoms with Crippen LogP contribution in [0, 0.1) is 16.7 Å². The number of rotatable bonds is 4. The molecule has 1 fully saturated rings.